The maximum absolute atomic E-state index is 11.1. The molecule has 1 heterocycles. The van der Waals surface area contributed by atoms with Gasteiger partial charge in [0.05, 0.1) is 11.6 Å². The molecule has 0 amide bonds. The lowest BCUT2D eigenvalue weighted by molar-refractivity contribution is -0.142. The minimum atomic E-state index is -0.692. The van der Waals surface area contributed by atoms with Crippen LogP contribution in [0.1, 0.15) is 50.8 Å². The van der Waals surface area contributed by atoms with Crippen molar-refractivity contribution in [1.82, 2.24) is 9.55 Å². The van der Waals surface area contributed by atoms with Gasteiger partial charge in [0.25, 0.3) is 0 Å². The molecule has 1 aliphatic carbocycles. The van der Waals surface area contributed by atoms with Crippen LogP contribution in [0.5, 0.6) is 0 Å². The lowest BCUT2D eigenvalue weighted by atomic mass is 9.89. The van der Waals surface area contributed by atoms with Gasteiger partial charge in [-0.3, -0.25) is 4.79 Å². The zero-order chi connectivity index (χ0) is 13.5. The standard InChI is InChI=1S/C14H22N2O2/c1-5-14(2,3)13-15-10-8-9(12(17)18)6-7-11(10)16(13)4/h9H,5-8H2,1-4H3,(H,17,18). The monoisotopic (exact) mass is 250 g/mol. The molecule has 4 nitrogen and oxygen atoms in total. The predicted molar refractivity (Wildman–Crippen MR) is 69.7 cm³/mol. The molecule has 1 unspecified atom stereocenters. The Labute approximate surface area is 108 Å². The number of carboxylic acid groups (broad SMARTS) is 1. The van der Waals surface area contributed by atoms with Gasteiger partial charge in [-0.25, -0.2) is 4.98 Å². The van der Waals surface area contributed by atoms with E-state index in [2.05, 4.69) is 32.4 Å². The van der Waals surface area contributed by atoms with E-state index >= 15 is 0 Å². The van der Waals surface area contributed by atoms with Crippen molar-refractivity contribution in [1.29, 1.82) is 0 Å². The molecule has 1 atom stereocenters. The first-order chi connectivity index (χ1) is 8.36. The van der Waals surface area contributed by atoms with Crippen molar-refractivity contribution in [3.63, 3.8) is 0 Å². The third-order valence-corrected chi connectivity index (χ3v) is 4.30. The lowest BCUT2D eigenvalue weighted by Gasteiger charge is -2.22. The normalized spacial score (nSPS) is 19.7. The molecule has 18 heavy (non-hydrogen) atoms. The third-order valence-electron chi connectivity index (χ3n) is 4.30. The topological polar surface area (TPSA) is 55.1 Å². The second-order valence-corrected chi connectivity index (χ2v) is 5.90. The molecule has 0 spiro atoms. The average molecular weight is 250 g/mol. The molecule has 0 fully saturated rings. The molecule has 0 aromatic carbocycles. The molecule has 0 saturated carbocycles. The Bertz CT molecular complexity index is 474. The number of hydrogen-bond donors (Lipinski definition) is 1. The van der Waals surface area contributed by atoms with Gasteiger partial charge in [0.15, 0.2) is 0 Å². The maximum atomic E-state index is 11.1. The van der Waals surface area contributed by atoms with Crippen LogP contribution in [-0.2, 0) is 30.1 Å². The van der Waals surface area contributed by atoms with Gasteiger partial charge in [-0.05, 0) is 19.3 Å². The van der Waals surface area contributed by atoms with Crippen LogP contribution >= 0.6 is 0 Å². The third kappa shape index (κ3) is 2.04. The molecule has 4 heteroatoms. The molecule has 1 N–H and O–H groups in total. The van der Waals surface area contributed by atoms with Crippen molar-refractivity contribution >= 4 is 5.97 Å². The Balaban J connectivity index is 2.38. The fourth-order valence-electron chi connectivity index (χ4n) is 2.68. The minimum absolute atomic E-state index is 0.0464. The van der Waals surface area contributed by atoms with E-state index in [-0.39, 0.29) is 11.3 Å². The zero-order valence-corrected chi connectivity index (χ0v) is 11.7. The zero-order valence-electron chi connectivity index (χ0n) is 11.7. The number of rotatable bonds is 3. The van der Waals surface area contributed by atoms with Gasteiger partial charge >= 0.3 is 5.97 Å². The average Bonchev–Trinajstić information content (AvgIpc) is 2.67. The molecule has 100 valence electrons. The summed E-state index contributed by atoms with van der Waals surface area (Å²) in [5.41, 5.74) is 2.27. The Hall–Kier alpha value is -1.32. The highest BCUT2D eigenvalue weighted by molar-refractivity contribution is 5.70. The van der Waals surface area contributed by atoms with Gasteiger partial charge in [0.1, 0.15) is 5.82 Å². The smallest absolute Gasteiger partial charge is 0.306 e. The van der Waals surface area contributed by atoms with Crippen molar-refractivity contribution in [3.8, 4) is 0 Å². The van der Waals surface area contributed by atoms with Crippen molar-refractivity contribution in [3.05, 3.63) is 17.2 Å². The summed E-state index contributed by atoms with van der Waals surface area (Å²) in [7, 11) is 2.06. The van der Waals surface area contributed by atoms with Crippen molar-refractivity contribution in [2.45, 2.75) is 51.9 Å². The summed E-state index contributed by atoms with van der Waals surface area (Å²) in [6, 6.07) is 0. The first-order valence-corrected chi connectivity index (χ1v) is 6.64. The van der Waals surface area contributed by atoms with Gasteiger partial charge in [-0.15, -0.1) is 0 Å². The lowest BCUT2D eigenvalue weighted by Crippen LogP contribution is -2.23. The molecule has 2 rings (SSSR count). The summed E-state index contributed by atoms with van der Waals surface area (Å²) in [5, 5.41) is 9.11. The summed E-state index contributed by atoms with van der Waals surface area (Å²) in [6.45, 7) is 6.54. The van der Waals surface area contributed by atoms with Crippen LogP contribution in [-0.4, -0.2) is 20.6 Å². The number of aliphatic carboxylic acids is 1. The summed E-state index contributed by atoms with van der Waals surface area (Å²) in [5.74, 6) is 0.133. The fourth-order valence-corrected chi connectivity index (χ4v) is 2.68. The Morgan fingerprint density at radius 1 is 1.56 bits per heavy atom. The molecule has 0 aliphatic heterocycles. The van der Waals surface area contributed by atoms with Crippen LogP contribution in [0, 0.1) is 5.92 Å². The summed E-state index contributed by atoms with van der Waals surface area (Å²) in [6.07, 6.45) is 3.17. The first kappa shape index (κ1) is 13.1. The molecule has 0 bridgehead atoms. The molecule has 1 aromatic rings. The highest BCUT2D eigenvalue weighted by Crippen LogP contribution is 2.32. The van der Waals surface area contributed by atoms with Crippen LogP contribution in [0.15, 0.2) is 0 Å². The minimum Gasteiger partial charge on any atom is -0.481 e. The van der Waals surface area contributed by atoms with Gasteiger partial charge in [0.2, 0.25) is 0 Å². The number of aromatic nitrogens is 2. The number of carboxylic acids is 1. The highest BCUT2D eigenvalue weighted by atomic mass is 16.4. The van der Waals surface area contributed by atoms with Gasteiger partial charge in [0, 0.05) is 24.6 Å². The Morgan fingerprint density at radius 3 is 2.78 bits per heavy atom. The van der Waals surface area contributed by atoms with Crippen molar-refractivity contribution < 1.29 is 9.90 Å². The number of fused-ring (bicyclic) bond motifs is 1. The van der Waals surface area contributed by atoms with E-state index in [0.717, 1.165) is 30.8 Å². The number of carbonyl (C=O) groups is 1. The van der Waals surface area contributed by atoms with Crippen LogP contribution in [0.3, 0.4) is 0 Å². The van der Waals surface area contributed by atoms with Gasteiger partial charge in [-0.1, -0.05) is 20.8 Å². The molecular weight excluding hydrogens is 228 g/mol. The van der Waals surface area contributed by atoms with E-state index in [1.54, 1.807) is 0 Å². The SMILES string of the molecule is CCC(C)(C)c1nc2c(n1C)CCC(C(=O)O)C2. The first-order valence-electron chi connectivity index (χ1n) is 6.64. The summed E-state index contributed by atoms with van der Waals surface area (Å²) >= 11 is 0. The number of hydrogen-bond acceptors (Lipinski definition) is 2. The quantitative estimate of drug-likeness (QED) is 0.895. The van der Waals surface area contributed by atoms with E-state index in [4.69, 9.17) is 10.1 Å². The number of nitrogens with zero attached hydrogens (tertiary/aromatic N) is 2. The van der Waals surface area contributed by atoms with Gasteiger partial charge in [-0.2, -0.15) is 0 Å². The maximum Gasteiger partial charge on any atom is 0.306 e. The second kappa shape index (κ2) is 4.41. The Kier molecular flexibility index (Phi) is 3.21. The van der Waals surface area contributed by atoms with Crippen LogP contribution < -0.4 is 0 Å². The summed E-state index contributed by atoms with van der Waals surface area (Å²) < 4.78 is 2.18. The molecule has 0 saturated heterocycles. The number of imidazole rings is 1. The molecular formula is C14H22N2O2. The summed E-state index contributed by atoms with van der Waals surface area (Å²) in [4.78, 5) is 15.8. The Morgan fingerprint density at radius 2 is 2.22 bits per heavy atom. The van der Waals surface area contributed by atoms with Gasteiger partial charge < -0.3 is 9.67 Å². The van der Waals surface area contributed by atoms with E-state index in [0.29, 0.717) is 6.42 Å². The van der Waals surface area contributed by atoms with Crippen LogP contribution in [0.4, 0.5) is 0 Å². The molecule has 1 aliphatic rings. The second-order valence-electron chi connectivity index (χ2n) is 5.90. The van der Waals surface area contributed by atoms with E-state index < -0.39 is 5.97 Å². The van der Waals surface area contributed by atoms with Crippen molar-refractivity contribution in [2.75, 3.05) is 0 Å². The van der Waals surface area contributed by atoms with Crippen LogP contribution in [0.2, 0.25) is 0 Å². The van der Waals surface area contributed by atoms with E-state index in [9.17, 15) is 4.79 Å². The van der Waals surface area contributed by atoms with Crippen molar-refractivity contribution in [2.24, 2.45) is 13.0 Å². The highest BCUT2D eigenvalue weighted by Gasteiger charge is 2.32. The van der Waals surface area contributed by atoms with E-state index in [1.807, 2.05) is 0 Å². The van der Waals surface area contributed by atoms with E-state index in [1.165, 1.54) is 5.69 Å². The van der Waals surface area contributed by atoms with Crippen LogP contribution in [0.25, 0.3) is 0 Å². The largest absolute Gasteiger partial charge is 0.481 e. The predicted octanol–water partition coefficient (Wildman–Crippen LogP) is 2.30. The fraction of sp³-hybridized carbons (Fsp3) is 0.714. The molecule has 0 radical (unpaired) electrons. The molecule has 1 aromatic heterocycles.